The molecule has 1 aromatic rings. The van der Waals surface area contributed by atoms with Gasteiger partial charge in [0.25, 0.3) is 0 Å². The number of carbonyl (C=O) groups excluding carboxylic acids is 3. The number of benzene rings is 1. The lowest BCUT2D eigenvalue weighted by Gasteiger charge is -2.19. The predicted molar refractivity (Wildman–Crippen MR) is 109 cm³/mol. The van der Waals surface area contributed by atoms with Crippen LogP contribution in [0.1, 0.15) is 31.2 Å². The molecule has 0 aliphatic carbocycles. The van der Waals surface area contributed by atoms with Gasteiger partial charge in [0.2, 0.25) is 5.91 Å². The lowest BCUT2D eigenvalue weighted by Crippen LogP contribution is -2.49. The lowest BCUT2D eigenvalue weighted by molar-refractivity contribution is -0.145. The zero-order valence-electron chi connectivity index (χ0n) is 16.5. The first-order valence-electron chi connectivity index (χ1n) is 9.74. The molecular formula is C20H28ClN3O5. The third kappa shape index (κ3) is 6.33. The van der Waals surface area contributed by atoms with E-state index in [1.165, 1.54) is 7.11 Å². The summed E-state index contributed by atoms with van der Waals surface area (Å²) >= 11 is 0. The summed E-state index contributed by atoms with van der Waals surface area (Å²) in [5.41, 5.74) is 0.830. The molecule has 2 amide bonds. The minimum atomic E-state index is -0.766. The molecule has 2 unspecified atom stereocenters. The number of carbonyl (C=O) groups is 3. The number of amides is 2. The highest BCUT2D eigenvalue weighted by atomic mass is 35.5. The first-order chi connectivity index (χ1) is 13.6. The van der Waals surface area contributed by atoms with Crippen LogP contribution in [-0.4, -0.2) is 61.7 Å². The summed E-state index contributed by atoms with van der Waals surface area (Å²) in [6, 6.07) is 5.92. The Kier molecular flexibility index (Phi) is 8.72. The van der Waals surface area contributed by atoms with Gasteiger partial charge in [-0.05, 0) is 49.9 Å². The molecule has 0 bridgehead atoms. The van der Waals surface area contributed by atoms with Crippen molar-refractivity contribution in [2.24, 2.45) is 0 Å². The Balaban J connectivity index is 0.00000300. The number of methoxy groups -OCH3 is 1. The van der Waals surface area contributed by atoms with Crippen LogP contribution < -0.4 is 15.4 Å². The number of likely N-dealkylation sites (tertiary alicyclic amines) is 1. The van der Waals surface area contributed by atoms with Crippen LogP contribution in [0.5, 0.6) is 5.75 Å². The van der Waals surface area contributed by atoms with Gasteiger partial charge in [-0.3, -0.25) is 4.79 Å². The molecule has 0 aromatic heterocycles. The van der Waals surface area contributed by atoms with Crippen molar-refractivity contribution < 1.29 is 23.9 Å². The van der Waals surface area contributed by atoms with E-state index >= 15 is 0 Å². The predicted octanol–water partition coefficient (Wildman–Crippen LogP) is 1.66. The second-order valence-electron chi connectivity index (χ2n) is 7.14. The molecule has 2 N–H and O–H groups in total. The molecule has 29 heavy (non-hydrogen) atoms. The SMILES string of the molecule is COC(=O)C(Cc1ccc(OC(=O)N2CCCC2)cc1)NC(=O)C1CCCN1.Cl. The Morgan fingerprint density at radius 3 is 2.45 bits per heavy atom. The van der Waals surface area contributed by atoms with Gasteiger partial charge in [-0.15, -0.1) is 12.4 Å². The highest BCUT2D eigenvalue weighted by Crippen LogP contribution is 2.17. The Hall–Kier alpha value is -2.32. The molecule has 2 atom stereocenters. The Bertz CT molecular complexity index is 701. The molecule has 9 heteroatoms. The van der Waals surface area contributed by atoms with E-state index in [4.69, 9.17) is 9.47 Å². The molecule has 0 spiro atoms. The number of nitrogens with one attached hydrogen (secondary N) is 2. The van der Waals surface area contributed by atoms with Gasteiger partial charge in [-0.1, -0.05) is 12.1 Å². The third-order valence-electron chi connectivity index (χ3n) is 5.11. The quantitative estimate of drug-likeness (QED) is 0.673. The molecule has 2 aliphatic rings. The molecule has 3 rings (SSSR count). The average Bonchev–Trinajstić information content (AvgIpc) is 3.42. The standard InChI is InChI=1S/C20H27N3O5.ClH/c1-27-19(25)17(22-18(24)16-5-4-10-21-16)13-14-6-8-15(9-7-14)28-20(26)23-11-2-3-12-23;/h6-9,16-17,21H,2-5,10-13H2,1H3,(H,22,24);1H. The van der Waals surface area contributed by atoms with E-state index in [2.05, 4.69) is 10.6 Å². The van der Waals surface area contributed by atoms with Crippen molar-refractivity contribution in [2.45, 2.75) is 44.2 Å². The van der Waals surface area contributed by atoms with E-state index in [9.17, 15) is 14.4 Å². The maximum atomic E-state index is 12.3. The monoisotopic (exact) mass is 425 g/mol. The summed E-state index contributed by atoms with van der Waals surface area (Å²) in [6.07, 6.45) is 3.67. The van der Waals surface area contributed by atoms with Crippen molar-refractivity contribution in [2.75, 3.05) is 26.7 Å². The molecule has 8 nitrogen and oxygen atoms in total. The summed E-state index contributed by atoms with van der Waals surface area (Å²) in [4.78, 5) is 38.1. The maximum absolute atomic E-state index is 12.3. The molecule has 2 aliphatic heterocycles. The second kappa shape index (κ2) is 11.0. The fourth-order valence-corrected chi connectivity index (χ4v) is 3.51. The number of rotatable bonds is 6. The minimum Gasteiger partial charge on any atom is -0.467 e. The van der Waals surface area contributed by atoms with Gasteiger partial charge < -0.3 is 25.0 Å². The number of esters is 1. The zero-order chi connectivity index (χ0) is 19.9. The maximum Gasteiger partial charge on any atom is 0.415 e. The van der Waals surface area contributed by atoms with Gasteiger partial charge in [0, 0.05) is 19.5 Å². The highest BCUT2D eigenvalue weighted by Gasteiger charge is 2.28. The molecular weight excluding hydrogens is 398 g/mol. The Morgan fingerprint density at radius 2 is 1.86 bits per heavy atom. The van der Waals surface area contributed by atoms with Crippen molar-refractivity contribution >= 4 is 30.4 Å². The zero-order valence-corrected chi connectivity index (χ0v) is 17.3. The van der Waals surface area contributed by atoms with Crippen LogP contribution in [0.4, 0.5) is 4.79 Å². The lowest BCUT2D eigenvalue weighted by atomic mass is 10.0. The molecule has 2 heterocycles. The smallest absolute Gasteiger partial charge is 0.415 e. The van der Waals surface area contributed by atoms with E-state index in [1.54, 1.807) is 29.2 Å². The number of hydrogen-bond acceptors (Lipinski definition) is 6. The summed E-state index contributed by atoms with van der Waals surface area (Å²) in [6.45, 7) is 2.26. The first-order valence-corrected chi connectivity index (χ1v) is 9.74. The van der Waals surface area contributed by atoms with Crippen LogP contribution in [0.2, 0.25) is 0 Å². The van der Waals surface area contributed by atoms with E-state index < -0.39 is 12.0 Å². The highest BCUT2D eigenvalue weighted by molar-refractivity contribution is 5.87. The van der Waals surface area contributed by atoms with Crippen LogP contribution in [0, 0.1) is 0 Å². The third-order valence-corrected chi connectivity index (χ3v) is 5.11. The molecule has 0 saturated carbocycles. The summed E-state index contributed by atoms with van der Waals surface area (Å²) in [5, 5.41) is 5.89. The van der Waals surface area contributed by atoms with Crippen molar-refractivity contribution in [3.05, 3.63) is 29.8 Å². The van der Waals surface area contributed by atoms with Crippen molar-refractivity contribution in [1.29, 1.82) is 0 Å². The fraction of sp³-hybridized carbons (Fsp3) is 0.550. The van der Waals surface area contributed by atoms with Crippen LogP contribution in [-0.2, 0) is 20.7 Å². The van der Waals surface area contributed by atoms with Gasteiger partial charge in [-0.25, -0.2) is 9.59 Å². The number of nitrogens with zero attached hydrogens (tertiary/aromatic N) is 1. The average molecular weight is 426 g/mol. The van der Waals surface area contributed by atoms with Gasteiger partial charge in [-0.2, -0.15) is 0 Å². The van der Waals surface area contributed by atoms with E-state index in [0.717, 1.165) is 50.9 Å². The van der Waals surface area contributed by atoms with Crippen LogP contribution in [0.15, 0.2) is 24.3 Å². The Labute approximate surface area is 176 Å². The van der Waals surface area contributed by atoms with Gasteiger partial charge in [0.1, 0.15) is 11.8 Å². The largest absolute Gasteiger partial charge is 0.467 e. The van der Waals surface area contributed by atoms with Gasteiger partial charge in [0.05, 0.1) is 13.2 Å². The van der Waals surface area contributed by atoms with Gasteiger partial charge >= 0.3 is 12.1 Å². The van der Waals surface area contributed by atoms with Crippen LogP contribution >= 0.6 is 12.4 Å². The Morgan fingerprint density at radius 1 is 1.17 bits per heavy atom. The molecule has 160 valence electrons. The normalized spacial score (nSPS) is 19.2. The molecule has 0 radical (unpaired) electrons. The van der Waals surface area contributed by atoms with E-state index in [1.807, 2.05) is 0 Å². The van der Waals surface area contributed by atoms with Gasteiger partial charge in [0.15, 0.2) is 0 Å². The van der Waals surface area contributed by atoms with E-state index in [-0.39, 0.29) is 30.4 Å². The number of hydrogen-bond donors (Lipinski definition) is 2. The number of ether oxygens (including phenoxy) is 2. The topological polar surface area (TPSA) is 97.0 Å². The first kappa shape index (κ1) is 23.0. The minimum absolute atomic E-state index is 0. The van der Waals surface area contributed by atoms with Crippen molar-refractivity contribution in [3.8, 4) is 5.75 Å². The van der Waals surface area contributed by atoms with Crippen LogP contribution in [0.25, 0.3) is 0 Å². The molecule has 2 fully saturated rings. The number of halogens is 1. The van der Waals surface area contributed by atoms with E-state index in [0.29, 0.717) is 12.2 Å². The molecule has 1 aromatic carbocycles. The fourth-order valence-electron chi connectivity index (χ4n) is 3.51. The van der Waals surface area contributed by atoms with Crippen molar-refractivity contribution in [1.82, 2.24) is 15.5 Å². The summed E-state index contributed by atoms with van der Waals surface area (Å²) < 4.78 is 10.2. The summed E-state index contributed by atoms with van der Waals surface area (Å²) in [7, 11) is 1.30. The molecule has 2 saturated heterocycles. The van der Waals surface area contributed by atoms with Crippen LogP contribution in [0.3, 0.4) is 0 Å². The van der Waals surface area contributed by atoms with Crippen molar-refractivity contribution in [3.63, 3.8) is 0 Å². The second-order valence-corrected chi connectivity index (χ2v) is 7.14. The summed E-state index contributed by atoms with van der Waals surface area (Å²) in [5.74, 6) is -0.227.